The van der Waals surface area contributed by atoms with Crippen LogP contribution >= 0.6 is 24.0 Å². The molecule has 1 N–H and O–H groups in total. The van der Waals surface area contributed by atoms with Gasteiger partial charge in [-0.1, -0.05) is 0 Å². The molecule has 0 aliphatic carbocycles. The van der Waals surface area contributed by atoms with Crippen molar-refractivity contribution in [3.63, 3.8) is 0 Å². The average molecular weight is 305 g/mol. The first-order valence-corrected chi connectivity index (χ1v) is 7.87. The molecular formula is C12H23N3O2S2. The van der Waals surface area contributed by atoms with Gasteiger partial charge in [-0.15, -0.1) is 11.8 Å². The summed E-state index contributed by atoms with van der Waals surface area (Å²) in [4.78, 5) is 15.7. The molecule has 1 saturated heterocycles. The van der Waals surface area contributed by atoms with Gasteiger partial charge < -0.3 is 19.9 Å². The number of carbonyl (C=O) groups excluding carboxylic acids is 1. The van der Waals surface area contributed by atoms with Crippen LogP contribution in [0.5, 0.6) is 0 Å². The highest BCUT2D eigenvalue weighted by Crippen LogP contribution is 2.19. The first kappa shape index (κ1) is 16.5. The molecule has 0 aromatic carbocycles. The lowest BCUT2D eigenvalue weighted by atomic mass is 10.3. The van der Waals surface area contributed by atoms with Crippen molar-refractivity contribution in [3.8, 4) is 0 Å². The predicted molar refractivity (Wildman–Crippen MR) is 83.6 cm³/mol. The van der Waals surface area contributed by atoms with Gasteiger partial charge in [0.05, 0.1) is 7.11 Å². The van der Waals surface area contributed by atoms with E-state index in [0.717, 1.165) is 36.9 Å². The Balaban J connectivity index is 2.29. The molecule has 0 bridgehead atoms. The Hall–Kier alpha value is -0.530. The maximum atomic E-state index is 11.5. The zero-order chi connectivity index (χ0) is 14.3. The second-order valence-corrected chi connectivity index (χ2v) is 6.41. The maximum Gasteiger partial charge on any atom is 0.320 e. The summed E-state index contributed by atoms with van der Waals surface area (Å²) in [7, 11) is 5.54. The quantitative estimate of drug-likeness (QED) is 0.448. The molecule has 0 spiro atoms. The summed E-state index contributed by atoms with van der Waals surface area (Å²) in [6, 6.07) is 0. The molecule has 1 heterocycles. The lowest BCUT2D eigenvalue weighted by Gasteiger charge is -2.33. The Morgan fingerprint density at radius 2 is 2.32 bits per heavy atom. The van der Waals surface area contributed by atoms with E-state index in [1.54, 1.807) is 11.8 Å². The van der Waals surface area contributed by atoms with Crippen LogP contribution < -0.4 is 5.32 Å². The summed E-state index contributed by atoms with van der Waals surface area (Å²) in [5.41, 5.74) is 0. The van der Waals surface area contributed by atoms with Crippen molar-refractivity contribution in [3.05, 3.63) is 0 Å². The number of methoxy groups -OCH3 is 1. The number of ether oxygens (including phenoxy) is 1. The molecule has 0 amide bonds. The van der Waals surface area contributed by atoms with E-state index >= 15 is 0 Å². The van der Waals surface area contributed by atoms with Gasteiger partial charge in [0.15, 0.2) is 5.11 Å². The first-order valence-electron chi connectivity index (χ1n) is 6.41. The van der Waals surface area contributed by atoms with Gasteiger partial charge in [0.2, 0.25) is 0 Å². The largest absolute Gasteiger partial charge is 0.468 e. The SMILES string of the molecule is COC(=O)[C@H]1CN(C(=S)NCCCN(C)C)CCS1. The minimum absolute atomic E-state index is 0.125. The molecule has 0 unspecified atom stereocenters. The second-order valence-electron chi connectivity index (χ2n) is 4.72. The van der Waals surface area contributed by atoms with Crippen molar-refractivity contribution in [2.45, 2.75) is 11.7 Å². The highest BCUT2D eigenvalue weighted by Gasteiger charge is 2.28. The third-order valence-electron chi connectivity index (χ3n) is 2.88. The summed E-state index contributed by atoms with van der Waals surface area (Å²) in [5.74, 6) is 0.740. The average Bonchev–Trinajstić information content (AvgIpc) is 2.42. The number of carbonyl (C=O) groups is 1. The second kappa shape index (κ2) is 8.60. The van der Waals surface area contributed by atoms with Gasteiger partial charge in [-0.3, -0.25) is 4.79 Å². The number of rotatable bonds is 5. The van der Waals surface area contributed by atoms with Crippen molar-refractivity contribution < 1.29 is 9.53 Å². The normalized spacial score (nSPS) is 19.4. The minimum Gasteiger partial charge on any atom is -0.468 e. The molecule has 5 nitrogen and oxygen atoms in total. The molecular weight excluding hydrogens is 282 g/mol. The van der Waals surface area contributed by atoms with Gasteiger partial charge in [-0.25, -0.2) is 0 Å². The van der Waals surface area contributed by atoms with E-state index in [4.69, 9.17) is 17.0 Å². The third kappa shape index (κ3) is 5.97. The van der Waals surface area contributed by atoms with Crippen molar-refractivity contribution in [1.29, 1.82) is 0 Å². The van der Waals surface area contributed by atoms with Gasteiger partial charge >= 0.3 is 5.97 Å². The molecule has 0 aromatic heterocycles. The van der Waals surface area contributed by atoms with Gasteiger partial charge in [-0.2, -0.15) is 0 Å². The number of nitrogens with zero attached hydrogens (tertiary/aromatic N) is 2. The number of esters is 1. The van der Waals surface area contributed by atoms with Crippen molar-refractivity contribution in [1.82, 2.24) is 15.1 Å². The summed E-state index contributed by atoms with van der Waals surface area (Å²) in [5, 5.41) is 3.87. The van der Waals surface area contributed by atoms with E-state index in [0.29, 0.717) is 6.54 Å². The summed E-state index contributed by atoms with van der Waals surface area (Å²) < 4.78 is 4.79. The summed E-state index contributed by atoms with van der Waals surface area (Å²) >= 11 is 7.01. The van der Waals surface area contributed by atoms with E-state index in [1.165, 1.54) is 7.11 Å². The van der Waals surface area contributed by atoms with Crippen LogP contribution in [-0.2, 0) is 9.53 Å². The van der Waals surface area contributed by atoms with Crippen LogP contribution in [-0.4, -0.2) is 79.3 Å². The highest BCUT2D eigenvalue weighted by atomic mass is 32.2. The Morgan fingerprint density at radius 1 is 1.58 bits per heavy atom. The van der Waals surface area contributed by atoms with Crippen LogP contribution in [0.2, 0.25) is 0 Å². The Labute approximate surface area is 125 Å². The van der Waals surface area contributed by atoms with E-state index in [-0.39, 0.29) is 11.2 Å². The van der Waals surface area contributed by atoms with E-state index < -0.39 is 0 Å². The van der Waals surface area contributed by atoms with Crippen LogP contribution in [0.4, 0.5) is 0 Å². The van der Waals surface area contributed by atoms with Crippen LogP contribution in [0.3, 0.4) is 0 Å². The standard InChI is InChI=1S/C12H23N3O2S2/c1-14(2)6-4-5-13-12(18)15-7-8-19-10(9-15)11(16)17-3/h10H,4-9H2,1-3H3,(H,13,18)/t10-/m1/s1. The monoisotopic (exact) mass is 305 g/mol. The molecule has 7 heteroatoms. The molecule has 1 rings (SSSR count). The lowest BCUT2D eigenvalue weighted by Crippen LogP contribution is -2.49. The fraction of sp³-hybridized carbons (Fsp3) is 0.833. The first-order chi connectivity index (χ1) is 9.04. The minimum atomic E-state index is -0.162. The third-order valence-corrected chi connectivity index (χ3v) is 4.44. The van der Waals surface area contributed by atoms with Crippen molar-refractivity contribution in [2.24, 2.45) is 0 Å². The van der Waals surface area contributed by atoms with Crippen LogP contribution in [0.25, 0.3) is 0 Å². The molecule has 1 atom stereocenters. The Morgan fingerprint density at radius 3 is 2.95 bits per heavy atom. The smallest absolute Gasteiger partial charge is 0.320 e. The molecule has 1 fully saturated rings. The van der Waals surface area contributed by atoms with Gasteiger partial charge in [0.25, 0.3) is 0 Å². The zero-order valence-electron chi connectivity index (χ0n) is 11.8. The summed E-state index contributed by atoms with van der Waals surface area (Å²) in [6.07, 6.45) is 1.05. The number of hydrogen-bond acceptors (Lipinski definition) is 5. The number of thioether (sulfide) groups is 1. The van der Waals surface area contributed by atoms with E-state index in [1.807, 2.05) is 0 Å². The van der Waals surface area contributed by atoms with Crippen LogP contribution in [0.1, 0.15) is 6.42 Å². The molecule has 0 saturated carbocycles. The van der Waals surface area contributed by atoms with Gasteiger partial charge in [0, 0.05) is 25.4 Å². The molecule has 0 aromatic rings. The van der Waals surface area contributed by atoms with Crippen molar-refractivity contribution in [2.75, 3.05) is 53.1 Å². The summed E-state index contributed by atoms with van der Waals surface area (Å²) in [6.45, 7) is 3.42. The van der Waals surface area contributed by atoms with Crippen LogP contribution in [0, 0.1) is 0 Å². The van der Waals surface area contributed by atoms with Gasteiger partial charge in [0.1, 0.15) is 5.25 Å². The van der Waals surface area contributed by atoms with Crippen molar-refractivity contribution >= 4 is 35.1 Å². The number of nitrogens with one attached hydrogen (secondary N) is 1. The molecule has 1 aliphatic rings. The fourth-order valence-electron chi connectivity index (χ4n) is 1.81. The van der Waals surface area contributed by atoms with E-state index in [9.17, 15) is 4.79 Å². The molecule has 110 valence electrons. The lowest BCUT2D eigenvalue weighted by molar-refractivity contribution is -0.140. The maximum absolute atomic E-state index is 11.5. The zero-order valence-corrected chi connectivity index (χ0v) is 13.5. The number of hydrogen-bond donors (Lipinski definition) is 1. The van der Waals surface area contributed by atoms with E-state index in [2.05, 4.69) is 29.2 Å². The van der Waals surface area contributed by atoms with Crippen LogP contribution in [0.15, 0.2) is 0 Å². The Bertz CT molecular complexity index is 313. The highest BCUT2D eigenvalue weighted by molar-refractivity contribution is 8.00. The predicted octanol–water partition coefficient (Wildman–Crippen LogP) is 0.403. The molecule has 0 radical (unpaired) electrons. The molecule has 1 aliphatic heterocycles. The Kier molecular flexibility index (Phi) is 7.48. The topological polar surface area (TPSA) is 44.8 Å². The number of thiocarbonyl (C=S) groups is 1. The van der Waals surface area contributed by atoms with Gasteiger partial charge in [-0.05, 0) is 39.3 Å². The fourth-order valence-corrected chi connectivity index (χ4v) is 3.21. The molecule has 19 heavy (non-hydrogen) atoms.